The highest BCUT2D eigenvalue weighted by Gasteiger charge is 2.42. The van der Waals surface area contributed by atoms with E-state index in [2.05, 4.69) is 20.4 Å². The van der Waals surface area contributed by atoms with Crippen LogP contribution in [0.3, 0.4) is 0 Å². The molecule has 3 aliphatic rings. The maximum Gasteiger partial charge on any atom is 0.240 e. The van der Waals surface area contributed by atoms with Gasteiger partial charge in [0, 0.05) is 12.6 Å². The molecule has 25 heavy (non-hydrogen) atoms. The van der Waals surface area contributed by atoms with Gasteiger partial charge in [0.1, 0.15) is 11.1 Å². The molecule has 7 nitrogen and oxygen atoms in total. The van der Waals surface area contributed by atoms with Crippen molar-refractivity contribution in [3.05, 3.63) is 5.01 Å². The largest absolute Gasteiger partial charge is 0.393 e. The summed E-state index contributed by atoms with van der Waals surface area (Å²) in [5.74, 6) is 1.21. The molecule has 2 N–H and O–H groups in total. The summed E-state index contributed by atoms with van der Waals surface area (Å²) >= 11 is 1.41. The molecular weight excluding hydrogens is 340 g/mol. The number of likely N-dealkylation sites (N-methyl/N-ethyl adjacent to an activating group) is 1. The summed E-state index contributed by atoms with van der Waals surface area (Å²) in [5.41, 5.74) is 0. The number of carbonyl (C=O) groups excluding carboxylic acids is 1. The van der Waals surface area contributed by atoms with E-state index < -0.39 is 0 Å². The molecule has 4 rings (SSSR count). The van der Waals surface area contributed by atoms with Crippen molar-refractivity contribution < 1.29 is 14.6 Å². The summed E-state index contributed by atoms with van der Waals surface area (Å²) < 4.78 is 5.60. The number of hydrogen-bond donors (Lipinski definition) is 2. The number of fused-ring (bicyclic) bond motifs is 1. The van der Waals surface area contributed by atoms with Crippen molar-refractivity contribution in [2.24, 2.45) is 11.8 Å². The van der Waals surface area contributed by atoms with Gasteiger partial charge in [0.05, 0.1) is 12.6 Å². The van der Waals surface area contributed by atoms with Gasteiger partial charge in [-0.2, -0.15) is 0 Å². The van der Waals surface area contributed by atoms with Crippen molar-refractivity contribution in [3.8, 4) is 0 Å². The third kappa shape index (κ3) is 3.86. The number of ether oxygens (including phenoxy) is 1. The first kappa shape index (κ1) is 17.3. The zero-order valence-electron chi connectivity index (χ0n) is 14.6. The van der Waals surface area contributed by atoms with Gasteiger partial charge < -0.3 is 9.84 Å². The van der Waals surface area contributed by atoms with Crippen LogP contribution in [0, 0.1) is 11.8 Å². The zero-order valence-corrected chi connectivity index (χ0v) is 15.4. The summed E-state index contributed by atoms with van der Waals surface area (Å²) in [4.78, 5) is 14.5. The van der Waals surface area contributed by atoms with Crippen LogP contribution in [0.25, 0.3) is 0 Å². The molecule has 138 valence electrons. The van der Waals surface area contributed by atoms with E-state index in [0.29, 0.717) is 29.6 Å². The number of hydrogen-bond acceptors (Lipinski definition) is 7. The fourth-order valence-corrected chi connectivity index (χ4v) is 5.46. The van der Waals surface area contributed by atoms with Gasteiger partial charge in [-0.1, -0.05) is 11.3 Å². The maximum atomic E-state index is 12.3. The van der Waals surface area contributed by atoms with Crippen LogP contribution in [-0.2, 0) is 9.53 Å². The van der Waals surface area contributed by atoms with E-state index in [9.17, 15) is 9.90 Å². The Balaban J connectivity index is 1.26. The molecule has 0 aromatic carbocycles. The molecule has 3 fully saturated rings. The van der Waals surface area contributed by atoms with Gasteiger partial charge in [-0.05, 0) is 57.4 Å². The SMILES string of the molecule is CN(CC(=O)Nc1nnc(C2CCCO2)s1)C1C[C@H]2CC(O)C[C@H]2C1. The zero-order chi connectivity index (χ0) is 17.4. The lowest BCUT2D eigenvalue weighted by Gasteiger charge is -2.24. The van der Waals surface area contributed by atoms with Gasteiger partial charge in [0.15, 0.2) is 0 Å². The lowest BCUT2D eigenvalue weighted by atomic mass is 10.0. The molecule has 3 unspecified atom stereocenters. The predicted molar refractivity (Wildman–Crippen MR) is 94.3 cm³/mol. The highest BCUT2D eigenvalue weighted by molar-refractivity contribution is 7.15. The van der Waals surface area contributed by atoms with Crippen LogP contribution >= 0.6 is 11.3 Å². The number of nitrogens with zero attached hydrogens (tertiary/aromatic N) is 3. The number of aliphatic hydroxyl groups excluding tert-OH is 1. The molecule has 1 aliphatic heterocycles. The molecule has 2 saturated carbocycles. The molecule has 0 spiro atoms. The van der Waals surface area contributed by atoms with E-state index >= 15 is 0 Å². The fourth-order valence-electron chi connectivity index (χ4n) is 4.61. The van der Waals surface area contributed by atoms with E-state index in [1.807, 2.05) is 7.05 Å². The monoisotopic (exact) mass is 366 g/mol. The summed E-state index contributed by atoms with van der Waals surface area (Å²) in [5, 5.41) is 22.2. The highest BCUT2D eigenvalue weighted by atomic mass is 32.1. The lowest BCUT2D eigenvalue weighted by molar-refractivity contribution is -0.117. The minimum Gasteiger partial charge on any atom is -0.393 e. The molecular formula is C17H26N4O3S. The smallest absolute Gasteiger partial charge is 0.240 e. The van der Waals surface area contributed by atoms with Crippen LogP contribution in [0.15, 0.2) is 0 Å². The summed E-state index contributed by atoms with van der Waals surface area (Å²) in [6.07, 6.45) is 6.00. The van der Waals surface area contributed by atoms with Gasteiger partial charge in [-0.3, -0.25) is 15.0 Å². The average Bonchev–Trinajstić information content (AvgIpc) is 3.29. The molecule has 1 saturated heterocycles. The number of rotatable bonds is 5. The van der Waals surface area contributed by atoms with E-state index in [1.54, 1.807) is 0 Å². The molecule has 2 heterocycles. The van der Waals surface area contributed by atoms with E-state index in [4.69, 9.17) is 4.74 Å². The third-order valence-electron chi connectivity index (χ3n) is 5.87. The Morgan fingerprint density at radius 3 is 2.76 bits per heavy atom. The minimum atomic E-state index is -0.111. The first-order chi connectivity index (χ1) is 12.1. The number of carbonyl (C=O) groups is 1. The van der Waals surface area contributed by atoms with Crippen LogP contribution in [0.4, 0.5) is 5.13 Å². The molecule has 8 heteroatoms. The van der Waals surface area contributed by atoms with E-state index in [-0.39, 0.29) is 18.1 Å². The average molecular weight is 366 g/mol. The number of amides is 1. The number of aliphatic hydroxyl groups is 1. The normalized spacial score (nSPS) is 34.6. The highest BCUT2D eigenvalue weighted by Crippen LogP contribution is 2.45. The molecule has 1 aromatic rings. The molecule has 0 radical (unpaired) electrons. The first-order valence-electron chi connectivity index (χ1n) is 9.21. The van der Waals surface area contributed by atoms with Gasteiger partial charge in [-0.15, -0.1) is 10.2 Å². The number of anilines is 1. The van der Waals surface area contributed by atoms with Crippen molar-refractivity contribution in [2.45, 2.75) is 56.8 Å². The molecule has 1 amide bonds. The van der Waals surface area contributed by atoms with Gasteiger partial charge in [0.25, 0.3) is 0 Å². The van der Waals surface area contributed by atoms with Gasteiger partial charge >= 0.3 is 0 Å². The Morgan fingerprint density at radius 1 is 1.32 bits per heavy atom. The van der Waals surface area contributed by atoms with Crippen LogP contribution in [0.2, 0.25) is 0 Å². The van der Waals surface area contributed by atoms with Crippen LogP contribution in [-0.4, -0.2) is 58.5 Å². The second kappa shape index (κ2) is 7.26. The Labute approximate surface area is 151 Å². The van der Waals surface area contributed by atoms with Crippen LogP contribution in [0.5, 0.6) is 0 Å². The quantitative estimate of drug-likeness (QED) is 0.826. The second-order valence-corrected chi connectivity index (χ2v) is 8.69. The van der Waals surface area contributed by atoms with E-state index in [1.165, 1.54) is 11.3 Å². The fraction of sp³-hybridized carbons (Fsp3) is 0.824. The van der Waals surface area contributed by atoms with Crippen molar-refractivity contribution in [1.29, 1.82) is 0 Å². The maximum absolute atomic E-state index is 12.3. The van der Waals surface area contributed by atoms with Gasteiger partial charge in [0.2, 0.25) is 11.0 Å². The lowest BCUT2D eigenvalue weighted by Crippen LogP contribution is -2.37. The summed E-state index contributed by atoms with van der Waals surface area (Å²) in [7, 11) is 2.01. The Morgan fingerprint density at radius 2 is 2.08 bits per heavy atom. The van der Waals surface area contributed by atoms with Crippen molar-refractivity contribution in [1.82, 2.24) is 15.1 Å². The summed E-state index contributed by atoms with van der Waals surface area (Å²) in [6.45, 7) is 1.14. The number of aromatic nitrogens is 2. The topological polar surface area (TPSA) is 87.6 Å². The first-order valence-corrected chi connectivity index (χ1v) is 10.0. The minimum absolute atomic E-state index is 0.0408. The van der Waals surface area contributed by atoms with Gasteiger partial charge in [-0.25, -0.2) is 0 Å². The number of nitrogens with one attached hydrogen (secondary N) is 1. The Kier molecular flexibility index (Phi) is 5.04. The molecule has 2 aliphatic carbocycles. The third-order valence-corrected chi connectivity index (χ3v) is 6.81. The standard InChI is InChI=1S/C17H26N4O3S/c1-21(12-5-10-7-13(22)8-11(10)6-12)9-15(23)18-17-20-19-16(25-17)14-3-2-4-24-14/h10-14,22H,2-9H2,1H3,(H,18,20,23)/t10-,11+,12?,13?,14?. The molecule has 5 atom stereocenters. The van der Waals surface area contributed by atoms with Crippen LogP contribution < -0.4 is 5.32 Å². The van der Waals surface area contributed by atoms with Crippen molar-refractivity contribution in [2.75, 3.05) is 25.5 Å². The molecule has 1 aromatic heterocycles. The second-order valence-electron chi connectivity index (χ2n) is 7.68. The van der Waals surface area contributed by atoms with Crippen LogP contribution in [0.1, 0.15) is 49.6 Å². The molecule has 0 bridgehead atoms. The van der Waals surface area contributed by atoms with Crippen molar-refractivity contribution in [3.63, 3.8) is 0 Å². The Hall–Kier alpha value is -1.09. The predicted octanol–water partition coefficient (Wildman–Crippen LogP) is 1.81. The Bertz CT molecular complexity index is 605. The van der Waals surface area contributed by atoms with Crippen molar-refractivity contribution >= 4 is 22.4 Å². The summed E-state index contributed by atoms with van der Waals surface area (Å²) in [6, 6.07) is 0.435. The van der Waals surface area contributed by atoms with E-state index in [0.717, 1.165) is 50.1 Å².